The number of rotatable bonds is 22. The van der Waals surface area contributed by atoms with Gasteiger partial charge in [-0.2, -0.15) is 0 Å². The summed E-state index contributed by atoms with van der Waals surface area (Å²) >= 11 is 0. The van der Waals surface area contributed by atoms with Crippen molar-refractivity contribution in [3.8, 4) is 0 Å². The number of carbonyl (C=O) groups is 2. The second-order valence-corrected chi connectivity index (χ2v) is 7.69. The zero-order valence-electron chi connectivity index (χ0n) is 21.6. The third-order valence-electron chi connectivity index (χ3n) is 4.35. The summed E-state index contributed by atoms with van der Waals surface area (Å²) in [6, 6.07) is 0. The first kappa shape index (κ1) is 39.0. The standard InChI is InChI=1S/2C12H24N2O3.Ca/c2*1-2-3-4-5-11(15)10-14-9-8-13-7-6-12(16)17;/h2*3-4,11,13-15H,2,5-10H2,1H3,(H,16,17);/q;;+2/p-2/b2*4-3+;. The van der Waals surface area contributed by atoms with E-state index < -0.39 is 11.9 Å². The SMILES string of the molecule is CC/C=C/CC(O)CNCCNCCC(=O)[O-].CC/C=C/CC(O)CNCCNCCC(=O)[O-].[Ca+2]. The minimum atomic E-state index is -1.04. The molecule has 0 rings (SSSR count). The fourth-order valence-electron chi connectivity index (χ4n) is 2.53. The molecule has 0 aliphatic heterocycles. The Morgan fingerprint density at radius 1 is 0.657 bits per heavy atom. The first-order valence-corrected chi connectivity index (χ1v) is 12.2. The number of carboxylic acids is 2. The third kappa shape index (κ3) is 38.1. The molecule has 0 radical (unpaired) electrons. The second-order valence-electron chi connectivity index (χ2n) is 7.69. The van der Waals surface area contributed by atoms with Crippen LogP contribution in [0.15, 0.2) is 24.3 Å². The number of carbonyl (C=O) groups excluding carboxylic acids is 2. The van der Waals surface area contributed by atoms with Crippen LogP contribution in [-0.4, -0.2) is 124 Å². The van der Waals surface area contributed by atoms with Crippen molar-refractivity contribution < 1.29 is 30.0 Å². The molecule has 0 aliphatic rings. The maximum absolute atomic E-state index is 10.1. The van der Waals surface area contributed by atoms with E-state index >= 15 is 0 Å². The molecule has 10 nitrogen and oxygen atoms in total. The molecule has 0 fully saturated rings. The maximum Gasteiger partial charge on any atom is 2.00 e. The summed E-state index contributed by atoms with van der Waals surface area (Å²) in [6.45, 7) is 8.85. The quantitative estimate of drug-likeness (QED) is 0.0511. The molecule has 0 heterocycles. The third-order valence-corrected chi connectivity index (χ3v) is 4.35. The van der Waals surface area contributed by atoms with Gasteiger partial charge in [-0.25, -0.2) is 0 Å². The second kappa shape index (κ2) is 31.5. The van der Waals surface area contributed by atoms with Crippen molar-refractivity contribution in [2.24, 2.45) is 0 Å². The molecule has 11 heteroatoms. The van der Waals surface area contributed by atoms with Crippen LogP contribution in [0.5, 0.6) is 0 Å². The largest absolute Gasteiger partial charge is 2.00 e. The van der Waals surface area contributed by atoms with Crippen molar-refractivity contribution in [1.29, 1.82) is 0 Å². The number of allylic oxidation sites excluding steroid dienone is 2. The number of hydrogen-bond acceptors (Lipinski definition) is 10. The number of aliphatic carboxylic acids is 2. The van der Waals surface area contributed by atoms with Crippen molar-refractivity contribution in [3.05, 3.63) is 24.3 Å². The fraction of sp³-hybridized carbons (Fsp3) is 0.750. The van der Waals surface area contributed by atoms with Gasteiger partial charge in [-0.1, -0.05) is 38.2 Å². The van der Waals surface area contributed by atoms with Crippen molar-refractivity contribution >= 4 is 49.7 Å². The molecule has 2 unspecified atom stereocenters. The van der Waals surface area contributed by atoms with Gasteiger partial charge in [0, 0.05) is 64.3 Å². The van der Waals surface area contributed by atoms with Gasteiger partial charge in [-0.3, -0.25) is 0 Å². The van der Waals surface area contributed by atoms with E-state index in [1.807, 2.05) is 24.3 Å². The monoisotopic (exact) mass is 526 g/mol. The minimum absolute atomic E-state index is 0. The Balaban J connectivity index is -0.000000569. The molecule has 0 bridgehead atoms. The summed E-state index contributed by atoms with van der Waals surface area (Å²) < 4.78 is 0. The molecule has 0 aromatic heterocycles. The summed E-state index contributed by atoms with van der Waals surface area (Å²) in [6.07, 6.45) is 10.7. The van der Waals surface area contributed by atoms with Crippen LogP contribution >= 0.6 is 0 Å². The van der Waals surface area contributed by atoms with Gasteiger partial charge in [0.15, 0.2) is 0 Å². The zero-order chi connectivity index (χ0) is 25.9. The van der Waals surface area contributed by atoms with Crippen LogP contribution in [0.3, 0.4) is 0 Å². The van der Waals surface area contributed by atoms with Gasteiger partial charge in [0.2, 0.25) is 0 Å². The van der Waals surface area contributed by atoms with Crippen LogP contribution < -0.4 is 31.5 Å². The summed E-state index contributed by atoms with van der Waals surface area (Å²) in [4.78, 5) is 20.2. The van der Waals surface area contributed by atoms with Crippen molar-refractivity contribution in [1.82, 2.24) is 21.3 Å². The van der Waals surface area contributed by atoms with Crippen LogP contribution in [-0.2, 0) is 9.59 Å². The van der Waals surface area contributed by atoms with E-state index in [0.29, 0.717) is 65.2 Å². The average Bonchev–Trinajstić information content (AvgIpc) is 2.78. The van der Waals surface area contributed by atoms with Crippen LogP contribution in [0, 0.1) is 0 Å². The topological polar surface area (TPSA) is 169 Å². The van der Waals surface area contributed by atoms with Crippen LogP contribution in [0.25, 0.3) is 0 Å². The molecule has 0 saturated heterocycles. The van der Waals surface area contributed by atoms with E-state index in [9.17, 15) is 30.0 Å². The van der Waals surface area contributed by atoms with E-state index in [1.54, 1.807) is 0 Å². The van der Waals surface area contributed by atoms with Crippen LogP contribution in [0.1, 0.15) is 52.4 Å². The van der Waals surface area contributed by atoms with E-state index in [2.05, 4.69) is 35.1 Å². The predicted molar refractivity (Wildman–Crippen MR) is 137 cm³/mol. The smallest absolute Gasteiger partial charge is 0.550 e. The predicted octanol–water partition coefficient (Wildman–Crippen LogP) is -2.34. The molecule has 0 amide bonds. The molecule has 0 aromatic rings. The molecule has 6 N–H and O–H groups in total. The number of aliphatic hydroxyl groups is 2. The van der Waals surface area contributed by atoms with Gasteiger partial charge >= 0.3 is 37.7 Å². The number of aliphatic hydroxyl groups excluding tert-OH is 2. The van der Waals surface area contributed by atoms with Crippen LogP contribution in [0.2, 0.25) is 0 Å². The number of carboxylic acid groups (broad SMARTS) is 2. The fourth-order valence-corrected chi connectivity index (χ4v) is 2.53. The first-order chi connectivity index (χ1) is 16.3. The Bertz CT molecular complexity index is 492. The molecule has 200 valence electrons. The van der Waals surface area contributed by atoms with E-state index in [-0.39, 0.29) is 62.8 Å². The Labute approximate surface area is 241 Å². The van der Waals surface area contributed by atoms with Gasteiger partial charge in [0.05, 0.1) is 12.2 Å². The Morgan fingerprint density at radius 2 is 1.00 bits per heavy atom. The number of nitrogens with one attached hydrogen (secondary N) is 4. The summed E-state index contributed by atoms with van der Waals surface area (Å²) in [5.74, 6) is -2.08. The van der Waals surface area contributed by atoms with Gasteiger partial charge < -0.3 is 51.3 Å². The molecule has 0 spiro atoms. The molecule has 2 atom stereocenters. The average molecular weight is 527 g/mol. The maximum atomic E-state index is 10.1. The first-order valence-electron chi connectivity index (χ1n) is 12.2. The minimum Gasteiger partial charge on any atom is -0.550 e. The van der Waals surface area contributed by atoms with Crippen molar-refractivity contribution in [2.75, 3.05) is 52.4 Å². The van der Waals surface area contributed by atoms with E-state index in [0.717, 1.165) is 12.8 Å². The molecular formula is C24H46CaN4O6. The molecule has 0 aromatic carbocycles. The summed E-state index contributed by atoms with van der Waals surface area (Å²) in [5, 5.41) is 51.4. The molecule has 0 saturated carbocycles. The molecule has 35 heavy (non-hydrogen) atoms. The van der Waals surface area contributed by atoms with Gasteiger partial charge in [0.25, 0.3) is 0 Å². The Hall–Kier alpha value is -0.560. The summed E-state index contributed by atoms with van der Waals surface area (Å²) in [5.41, 5.74) is 0. The van der Waals surface area contributed by atoms with Crippen molar-refractivity contribution in [2.45, 2.75) is 64.6 Å². The number of hydrogen-bond donors (Lipinski definition) is 6. The zero-order valence-corrected chi connectivity index (χ0v) is 23.8. The van der Waals surface area contributed by atoms with E-state index in [1.165, 1.54) is 0 Å². The van der Waals surface area contributed by atoms with Gasteiger partial charge in [-0.05, 0) is 38.5 Å². The van der Waals surface area contributed by atoms with Gasteiger partial charge in [-0.15, -0.1) is 0 Å². The van der Waals surface area contributed by atoms with Crippen LogP contribution in [0.4, 0.5) is 0 Å². The van der Waals surface area contributed by atoms with Gasteiger partial charge in [0.1, 0.15) is 0 Å². The normalized spacial score (nSPS) is 12.7. The van der Waals surface area contributed by atoms with Crippen molar-refractivity contribution in [3.63, 3.8) is 0 Å². The molecule has 0 aliphatic carbocycles. The Morgan fingerprint density at radius 3 is 1.31 bits per heavy atom. The summed E-state index contributed by atoms with van der Waals surface area (Å²) in [7, 11) is 0. The Kier molecular flexibility index (Phi) is 35.0. The van der Waals surface area contributed by atoms with E-state index in [4.69, 9.17) is 0 Å². The molecular weight excluding hydrogens is 480 g/mol.